The van der Waals surface area contributed by atoms with Crippen LogP contribution < -0.4 is 5.32 Å². The van der Waals surface area contributed by atoms with Crippen LogP contribution in [0.2, 0.25) is 0 Å². The molecule has 2 aromatic rings. The Labute approximate surface area is 204 Å². The molecular weight excluding hydrogens is 420 g/mol. The molecule has 0 bridgehead atoms. The van der Waals surface area contributed by atoms with E-state index in [4.69, 9.17) is 4.98 Å². The van der Waals surface area contributed by atoms with Crippen molar-refractivity contribution in [1.82, 2.24) is 24.7 Å². The third-order valence-corrected chi connectivity index (χ3v) is 6.76. The molecule has 6 nitrogen and oxygen atoms in total. The molecular formula is C28H38N6. The van der Waals surface area contributed by atoms with Crippen molar-refractivity contribution in [3.05, 3.63) is 77.8 Å². The van der Waals surface area contributed by atoms with E-state index in [0.717, 1.165) is 73.9 Å². The number of nitrogens with one attached hydrogen (secondary N) is 1. The van der Waals surface area contributed by atoms with Crippen LogP contribution in [0.5, 0.6) is 0 Å². The van der Waals surface area contributed by atoms with Crippen LogP contribution in [0.3, 0.4) is 0 Å². The van der Waals surface area contributed by atoms with E-state index in [1.807, 2.05) is 13.1 Å². The Balaban J connectivity index is 1.50. The highest BCUT2D eigenvalue weighted by molar-refractivity contribution is 5.59. The Morgan fingerprint density at radius 1 is 1.24 bits per heavy atom. The summed E-state index contributed by atoms with van der Waals surface area (Å²) in [4.78, 5) is 14.3. The molecule has 0 amide bonds. The van der Waals surface area contributed by atoms with E-state index in [9.17, 15) is 0 Å². The number of hydrogen-bond acceptors (Lipinski definition) is 5. The number of piperidine rings is 1. The lowest BCUT2D eigenvalue weighted by molar-refractivity contribution is 0.258. The summed E-state index contributed by atoms with van der Waals surface area (Å²) >= 11 is 0. The molecule has 2 aliphatic rings. The van der Waals surface area contributed by atoms with Gasteiger partial charge in [0, 0.05) is 73.5 Å². The predicted molar refractivity (Wildman–Crippen MR) is 142 cm³/mol. The highest BCUT2D eigenvalue weighted by Gasteiger charge is 2.28. The smallest absolute Gasteiger partial charge is 0.135 e. The van der Waals surface area contributed by atoms with Crippen LogP contribution in [0, 0.1) is 6.92 Å². The van der Waals surface area contributed by atoms with Crippen molar-refractivity contribution in [3.8, 4) is 11.3 Å². The molecule has 1 saturated heterocycles. The number of aliphatic imine (C=N–C) groups is 1. The normalized spacial score (nSPS) is 17.3. The molecule has 1 aromatic heterocycles. The molecule has 0 atom stereocenters. The predicted octanol–water partition coefficient (Wildman–Crippen LogP) is 4.92. The second-order valence-corrected chi connectivity index (χ2v) is 9.67. The molecule has 2 aliphatic heterocycles. The summed E-state index contributed by atoms with van der Waals surface area (Å²) in [5.41, 5.74) is 6.75. The van der Waals surface area contributed by atoms with Crippen molar-refractivity contribution in [2.75, 3.05) is 33.7 Å². The average molecular weight is 459 g/mol. The molecule has 0 spiro atoms. The van der Waals surface area contributed by atoms with Crippen LogP contribution in [0.4, 0.5) is 0 Å². The second kappa shape index (κ2) is 10.4. The highest BCUT2D eigenvalue weighted by atomic mass is 15.2. The number of likely N-dealkylation sites (tertiary alicyclic amines) is 1. The van der Waals surface area contributed by atoms with E-state index >= 15 is 0 Å². The van der Waals surface area contributed by atoms with Gasteiger partial charge in [-0.25, -0.2) is 9.98 Å². The van der Waals surface area contributed by atoms with Gasteiger partial charge in [0.1, 0.15) is 11.6 Å². The van der Waals surface area contributed by atoms with Gasteiger partial charge in [0.05, 0.1) is 5.69 Å². The summed E-state index contributed by atoms with van der Waals surface area (Å²) in [6.07, 6.45) is 6.99. The maximum absolute atomic E-state index is 5.16. The van der Waals surface area contributed by atoms with Crippen molar-refractivity contribution in [3.63, 3.8) is 0 Å². The van der Waals surface area contributed by atoms with Gasteiger partial charge >= 0.3 is 0 Å². The molecule has 1 fully saturated rings. The van der Waals surface area contributed by atoms with Gasteiger partial charge in [-0.2, -0.15) is 0 Å². The molecule has 34 heavy (non-hydrogen) atoms. The molecule has 3 heterocycles. The lowest BCUT2D eigenvalue weighted by Crippen LogP contribution is -2.33. The third kappa shape index (κ3) is 5.33. The van der Waals surface area contributed by atoms with Crippen molar-refractivity contribution >= 4 is 6.21 Å². The summed E-state index contributed by atoms with van der Waals surface area (Å²) in [5, 5.41) is 3.29. The fourth-order valence-corrected chi connectivity index (χ4v) is 4.77. The fourth-order valence-electron chi connectivity index (χ4n) is 4.77. The van der Waals surface area contributed by atoms with Crippen molar-refractivity contribution < 1.29 is 0 Å². The quantitative estimate of drug-likeness (QED) is 0.570. The van der Waals surface area contributed by atoms with E-state index in [2.05, 4.69) is 89.3 Å². The standard InChI is InChI=1S/C28H38N6/c1-7-29-27-25(18-21(3)30-27)22(4)33-14-12-24(13-15-33)28-31-26(19-34(28)17-16-32(5)6)23-10-8-20(2)9-11-23/h7-11,19,24,30H,3-4,12-18H2,1-2,5-6H3/b29-7-. The van der Waals surface area contributed by atoms with E-state index in [1.165, 1.54) is 17.0 Å². The summed E-state index contributed by atoms with van der Waals surface area (Å²) in [6.45, 7) is 16.5. The molecule has 0 unspecified atom stereocenters. The van der Waals surface area contributed by atoms with E-state index in [-0.39, 0.29) is 0 Å². The number of imidazole rings is 1. The molecule has 1 N–H and O–H groups in total. The Morgan fingerprint density at radius 3 is 2.59 bits per heavy atom. The number of aryl methyl sites for hydroxylation is 1. The number of hydrogen-bond donors (Lipinski definition) is 1. The molecule has 180 valence electrons. The minimum Gasteiger partial charge on any atom is -0.372 e. The van der Waals surface area contributed by atoms with Gasteiger partial charge in [-0.05, 0) is 40.8 Å². The minimum absolute atomic E-state index is 0.448. The van der Waals surface area contributed by atoms with Gasteiger partial charge in [-0.1, -0.05) is 43.0 Å². The van der Waals surface area contributed by atoms with Gasteiger partial charge in [0.25, 0.3) is 0 Å². The lowest BCUT2D eigenvalue weighted by Gasteiger charge is -2.35. The summed E-state index contributed by atoms with van der Waals surface area (Å²) < 4.78 is 2.38. The van der Waals surface area contributed by atoms with E-state index in [0.29, 0.717) is 5.92 Å². The number of likely N-dealkylation sites (N-methyl/N-ethyl adjacent to an activating group) is 1. The zero-order valence-corrected chi connectivity index (χ0v) is 21.1. The van der Waals surface area contributed by atoms with Crippen molar-refractivity contribution in [1.29, 1.82) is 0 Å². The maximum Gasteiger partial charge on any atom is 0.135 e. The van der Waals surface area contributed by atoms with Crippen LogP contribution in [0.1, 0.15) is 43.5 Å². The number of nitrogens with zero attached hydrogens (tertiary/aromatic N) is 5. The van der Waals surface area contributed by atoms with Crippen molar-refractivity contribution in [2.24, 2.45) is 4.99 Å². The average Bonchev–Trinajstić information content (AvgIpc) is 3.41. The molecule has 0 radical (unpaired) electrons. The topological polar surface area (TPSA) is 48.7 Å². The van der Waals surface area contributed by atoms with Crippen LogP contribution in [-0.2, 0) is 6.54 Å². The second-order valence-electron chi connectivity index (χ2n) is 9.67. The molecule has 0 saturated carbocycles. The summed E-state index contributed by atoms with van der Waals surface area (Å²) in [7, 11) is 4.25. The van der Waals surface area contributed by atoms with Gasteiger partial charge < -0.3 is 19.7 Å². The minimum atomic E-state index is 0.448. The van der Waals surface area contributed by atoms with Crippen LogP contribution in [0.25, 0.3) is 11.3 Å². The van der Waals surface area contributed by atoms with Crippen LogP contribution in [-0.4, -0.2) is 59.3 Å². The Hall–Kier alpha value is -3.12. The Kier molecular flexibility index (Phi) is 7.37. The number of allylic oxidation sites excluding steroid dienone is 2. The highest BCUT2D eigenvalue weighted by Crippen LogP contribution is 2.35. The first-order valence-corrected chi connectivity index (χ1v) is 12.3. The molecule has 6 heteroatoms. The number of benzene rings is 1. The SMILES string of the molecule is C=C1CC(C(=C)N2CCC(c3nc(-c4ccc(C)cc4)cn3CCN(C)C)CC2)=C(/N=C\C)N1. The lowest BCUT2D eigenvalue weighted by atomic mass is 9.94. The van der Waals surface area contributed by atoms with E-state index < -0.39 is 0 Å². The van der Waals surface area contributed by atoms with Gasteiger partial charge in [-0.15, -0.1) is 0 Å². The number of aromatic nitrogens is 2. The van der Waals surface area contributed by atoms with E-state index in [1.54, 1.807) is 0 Å². The molecule has 0 aliphatic carbocycles. The first kappa shape index (κ1) is 24.0. The van der Waals surface area contributed by atoms with Gasteiger partial charge in [0.15, 0.2) is 0 Å². The largest absolute Gasteiger partial charge is 0.372 e. The van der Waals surface area contributed by atoms with Gasteiger partial charge in [0.2, 0.25) is 0 Å². The zero-order valence-electron chi connectivity index (χ0n) is 21.1. The van der Waals surface area contributed by atoms with Crippen LogP contribution >= 0.6 is 0 Å². The van der Waals surface area contributed by atoms with Gasteiger partial charge in [-0.3, -0.25) is 0 Å². The first-order chi connectivity index (χ1) is 16.4. The Bertz CT molecular complexity index is 1090. The third-order valence-electron chi connectivity index (χ3n) is 6.76. The summed E-state index contributed by atoms with van der Waals surface area (Å²) in [6, 6.07) is 8.68. The van der Waals surface area contributed by atoms with Crippen LogP contribution in [0.15, 0.2) is 71.4 Å². The first-order valence-electron chi connectivity index (χ1n) is 12.3. The Morgan fingerprint density at radius 2 is 1.94 bits per heavy atom. The zero-order chi connectivity index (χ0) is 24.2. The summed E-state index contributed by atoms with van der Waals surface area (Å²) in [5.74, 6) is 2.56. The molecule has 1 aromatic carbocycles. The monoisotopic (exact) mass is 458 g/mol. The van der Waals surface area contributed by atoms with Crippen molar-refractivity contribution in [2.45, 2.75) is 45.6 Å². The number of rotatable bonds is 8. The fraction of sp³-hybridized carbons (Fsp3) is 0.429. The molecule has 4 rings (SSSR count). The maximum atomic E-state index is 5.16.